The van der Waals surface area contributed by atoms with Crippen molar-refractivity contribution >= 4 is 25.2 Å². The number of hydrogen-bond donors (Lipinski definition) is 0. The molecule has 82 valence electrons. The van der Waals surface area contributed by atoms with Crippen LogP contribution in [0.1, 0.15) is 0 Å². The third-order valence-electron chi connectivity index (χ3n) is 1.38. The SMILES string of the molecule is C=CC(OC(=O)CCl)P(=O)(OC)OC. The summed E-state index contributed by atoms with van der Waals surface area (Å²) < 4.78 is 25.6. The van der Waals surface area contributed by atoms with E-state index in [1.165, 1.54) is 14.2 Å². The lowest BCUT2D eigenvalue weighted by molar-refractivity contribution is -0.141. The summed E-state index contributed by atoms with van der Waals surface area (Å²) in [5, 5.41) is 0. The Bertz CT molecular complexity index is 246. The molecule has 0 aromatic carbocycles. The van der Waals surface area contributed by atoms with Gasteiger partial charge in [-0.15, -0.1) is 11.6 Å². The van der Waals surface area contributed by atoms with E-state index in [1.54, 1.807) is 0 Å². The van der Waals surface area contributed by atoms with Crippen LogP contribution in [0.25, 0.3) is 0 Å². The molecule has 0 saturated heterocycles. The minimum atomic E-state index is -3.48. The second-order valence-corrected chi connectivity index (χ2v) is 4.74. The molecule has 0 aromatic heterocycles. The van der Waals surface area contributed by atoms with Crippen LogP contribution in [0.4, 0.5) is 0 Å². The van der Waals surface area contributed by atoms with Crippen molar-refractivity contribution in [3.8, 4) is 0 Å². The van der Waals surface area contributed by atoms with Gasteiger partial charge in [0.25, 0.3) is 0 Å². The quantitative estimate of drug-likeness (QED) is 0.307. The van der Waals surface area contributed by atoms with Gasteiger partial charge < -0.3 is 13.8 Å². The Labute approximate surface area is 87.5 Å². The topological polar surface area (TPSA) is 61.8 Å². The van der Waals surface area contributed by atoms with E-state index in [0.29, 0.717) is 0 Å². The lowest BCUT2D eigenvalue weighted by Gasteiger charge is -2.20. The molecule has 0 aromatic rings. The predicted octanol–water partition coefficient (Wildman–Crippen LogP) is 1.77. The molecule has 0 fully saturated rings. The summed E-state index contributed by atoms with van der Waals surface area (Å²) in [5.74, 6) is -2.19. The van der Waals surface area contributed by atoms with E-state index in [1.807, 2.05) is 0 Å². The molecule has 0 heterocycles. The second kappa shape index (κ2) is 6.19. The van der Waals surface area contributed by atoms with Gasteiger partial charge in [-0.3, -0.25) is 9.36 Å². The Morgan fingerprint density at radius 3 is 2.36 bits per heavy atom. The van der Waals surface area contributed by atoms with Gasteiger partial charge in [-0.05, 0) is 6.08 Å². The van der Waals surface area contributed by atoms with Crippen molar-refractivity contribution in [1.29, 1.82) is 0 Å². The number of ether oxygens (including phenoxy) is 1. The number of carbonyl (C=O) groups excluding carboxylic acids is 1. The molecular weight excluding hydrogens is 230 g/mol. The first-order valence-corrected chi connectivity index (χ1v) is 5.78. The van der Waals surface area contributed by atoms with E-state index in [4.69, 9.17) is 16.3 Å². The van der Waals surface area contributed by atoms with Crippen LogP contribution in [-0.4, -0.2) is 31.9 Å². The van der Waals surface area contributed by atoms with Crippen LogP contribution in [0.3, 0.4) is 0 Å². The van der Waals surface area contributed by atoms with Gasteiger partial charge in [-0.25, -0.2) is 0 Å². The Morgan fingerprint density at radius 2 is 2.07 bits per heavy atom. The molecule has 7 heteroatoms. The highest BCUT2D eigenvalue weighted by Gasteiger charge is 2.34. The first-order valence-electron chi connectivity index (χ1n) is 3.63. The summed E-state index contributed by atoms with van der Waals surface area (Å²) in [6, 6.07) is 0. The number of halogens is 1. The van der Waals surface area contributed by atoms with Crippen molar-refractivity contribution in [2.24, 2.45) is 0 Å². The zero-order chi connectivity index (χ0) is 11.2. The molecule has 0 rings (SSSR count). The van der Waals surface area contributed by atoms with Gasteiger partial charge in [0, 0.05) is 14.2 Å². The van der Waals surface area contributed by atoms with Crippen LogP contribution in [-0.2, 0) is 23.1 Å². The monoisotopic (exact) mass is 242 g/mol. The Hall–Kier alpha value is -0.350. The third-order valence-corrected chi connectivity index (χ3v) is 3.56. The van der Waals surface area contributed by atoms with Gasteiger partial charge in [0.2, 0.25) is 5.85 Å². The molecule has 0 spiro atoms. The van der Waals surface area contributed by atoms with Gasteiger partial charge in [-0.1, -0.05) is 6.58 Å². The van der Waals surface area contributed by atoms with Crippen LogP contribution in [0.15, 0.2) is 12.7 Å². The number of rotatable bonds is 6. The predicted molar refractivity (Wildman–Crippen MR) is 52.4 cm³/mol. The standard InChI is InChI=1S/C7H12ClO5P/c1-4-7(13-6(9)5-8)14(10,11-2)12-3/h4,7H,1,5H2,2-3H3. The molecule has 0 radical (unpaired) electrons. The molecule has 1 unspecified atom stereocenters. The van der Waals surface area contributed by atoms with Crippen molar-refractivity contribution < 1.29 is 23.1 Å². The van der Waals surface area contributed by atoms with Crippen molar-refractivity contribution in [3.63, 3.8) is 0 Å². The second-order valence-electron chi connectivity index (χ2n) is 2.15. The molecular formula is C7H12ClO5P. The third kappa shape index (κ3) is 3.42. The maximum Gasteiger partial charge on any atom is 0.374 e. The molecule has 1 atom stereocenters. The summed E-state index contributed by atoms with van der Waals surface area (Å²) in [7, 11) is -1.10. The molecule has 5 nitrogen and oxygen atoms in total. The molecule has 0 amide bonds. The van der Waals surface area contributed by atoms with Crippen LogP contribution in [0.5, 0.6) is 0 Å². The van der Waals surface area contributed by atoms with E-state index in [0.717, 1.165) is 6.08 Å². The average molecular weight is 243 g/mol. The average Bonchev–Trinajstić information content (AvgIpc) is 2.24. The van der Waals surface area contributed by atoms with Crippen LogP contribution in [0.2, 0.25) is 0 Å². The fourth-order valence-corrected chi connectivity index (χ4v) is 1.82. The Morgan fingerprint density at radius 1 is 1.57 bits per heavy atom. The largest absolute Gasteiger partial charge is 0.444 e. The summed E-state index contributed by atoms with van der Waals surface area (Å²) in [5.41, 5.74) is 0. The van der Waals surface area contributed by atoms with Crippen molar-refractivity contribution in [2.75, 3.05) is 20.1 Å². The highest BCUT2D eigenvalue weighted by molar-refractivity contribution is 7.54. The number of carbonyl (C=O) groups is 1. The molecule has 14 heavy (non-hydrogen) atoms. The molecule has 0 N–H and O–H groups in total. The molecule has 0 aliphatic carbocycles. The Balaban J connectivity index is 4.62. The molecule has 0 bridgehead atoms. The molecule has 0 aliphatic rings. The number of esters is 1. The zero-order valence-electron chi connectivity index (χ0n) is 7.94. The van der Waals surface area contributed by atoms with Crippen LogP contribution < -0.4 is 0 Å². The normalized spacial score (nSPS) is 13.4. The van der Waals surface area contributed by atoms with Crippen LogP contribution >= 0.6 is 19.2 Å². The molecule has 0 saturated carbocycles. The molecule has 0 aliphatic heterocycles. The van der Waals surface area contributed by atoms with Gasteiger partial charge >= 0.3 is 13.6 Å². The van der Waals surface area contributed by atoms with Crippen molar-refractivity contribution in [3.05, 3.63) is 12.7 Å². The van der Waals surface area contributed by atoms with Crippen molar-refractivity contribution in [1.82, 2.24) is 0 Å². The van der Waals surface area contributed by atoms with E-state index in [-0.39, 0.29) is 5.88 Å². The highest BCUT2D eigenvalue weighted by atomic mass is 35.5. The lowest BCUT2D eigenvalue weighted by atomic mass is 10.7. The Kier molecular flexibility index (Phi) is 6.04. The summed E-state index contributed by atoms with van der Waals surface area (Å²) in [6.45, 7) is 3.36. The first-order chi connectivity index (χ1) is 6.53. The van der Waals surface area contributed by atoms with E-state index in [2.05, 4.69) is 15.6 Å². The van der Waals surface area contributed by atoms with E-state index < -0.39 is 19.4 Å². The number of hydrogen-bond acceptors (Lipinski definition) is 5. The minimum absolute atomic E-state index is 0.336. The minimum Gasteiger partial charge on any atom is -0.444 e. The van der Waals surface area contributed by atoms with E-state index in [9.17, 15) is 9.36 Å². The summed E-state index contributed by atoms with van der Waals surface area (Å²) in [6.07, 6.45) is 1.16. The van der Waals surface area contributed by atoms with Crippen LogP contribution in [0, 0.1) is 0 Å². The number of alkyl halides is 1. The van der Waals surface area contributed by atoms with Gasteiger partial charge in [0.1, 0.15) is 5.88 Å². The zero-order valence-corrected chi connectivity index (χ0v) is 9.59. The summed E-state index contributed by atoms with van der Waals surface area (Å²) >= 11 is 5.21. The highest BCUT2D eigenvalue weighted by Crippen LogP contribution is 2.52. The van der Waals surface area contributed by atoms with Crippen molar-refractivity contribution in [2.45, 2.75) is 5.85 Å². The van der Waals surface area contributed by atoms with Gasteiger partial charge in [0.15, 0.2) is 0 Å². The smallest absolute Gasteiger partial charge is 0.374 e. The fourth-order valence-electron chi connectivity index (χ4n) is 0.690. The maximum atomic E-state index is 11.7. The summed E-state index contributed by atoms with van der Waals surface area (Å²) in [4.78, 5) is 10.8. The lowest BCUT2D eigenvalue weighted by Crippen LogP contribution is -2.18. The van der Waals surface area contributed by atoms with E-state index >= 15 is 0 Å². The first kappa shape index (κ1) is 13.7. The van der Waals surface area contributed by atoms with Gasteiger partial charge in [-0.2, -0.15) is 0 Å². The fraction of sp³-hybridized carbons (Fsp3) is 0.571. The maximum absolute atomic E-state index is 11.7. The van der Waals surface area contributed by atoms with Gasteiger partial charge in [0.05, 0.1) is 0 Å².